The van der Waals surface area contributed by atoms with Crippen LogP contribution in [0.5, 0.6) is 0 Å². The Balaban J connectivity index is 2.79. The lowest BCUT2D eigenvalue weighted by Crippen LogP contribution is -2.41. The Kier molecular flexibility index (Phi) is 6.19. The van der Waals surface area contributed by atoms with Gasteiger partial charge in [-0.25, -0.2) is 0 Å². The molecule has 0 aromatic carbocycles. The van der Waals surface area contributed by atoms with Gasteiger partial charge in [-0.15, -0.1) is 23.5 Å². The van der Waals surface area contributed by atoms with Crippen LogP contribution in [0.25, 0.3) is 0 Å². The maximum absolute atomic E-state index is 11.7. The van der Waals surface area contributed by atoms with Crippen molar-refractivity contribution in [2.24, 2.45) is 5.92 Å². The largest absolute Gasteiger partial charge is 0.465 e. The van der Waals surface area contributed by atoms with Gasteiger partial charge in [0.1, 0.15) is 6.10 Å². The molecule has 0 amide bonds. The Hall–Kier alpha value is -0.360. The minimum absolute atomic E-state index is 0.0644. The van der Waals surface area contributed by atoms with Crippen LogP contribution in [0.4, 0.5) is 0 Å². The second-order valence-corrected chi connectivity index (χ2v) is 6.09. The topological polar surface area (TPSA) is 52.6 Å². The van der Waals surface area contributed by atoms with E-state index in [-0.39, 0.29) is 22.4 Å². The van der Waals surface area contributed by atoms with E-state index < -0.39 is 6.10 Å². The van der Waals surface area contributed by atoms with Crippen molar-refractivity contribution in [2.45, 2.75) is 30.5 Å². The fourth-order valence-electron chi connectivity index (χ4n) is 1.88. The summed E-state index contributed by atoms with van der Waals surface area (Å²) in [5.74, 6) is -0.908. The number of rotatable bonds is 5. The van der Waals surface area contributed by atoms with Crippen LogP contribution >= 0.6 is 23.5 Å². The standard InChI is InChI=1S/C11H18O4S2/c1-7(12)15-9(11(16-2)17-3)8-5-4-6-14-10(8)13/h8-9,11H,4-6H2,1-3H3. The molecule has 0 aromatic heterocycles. The summed E-state index contributed by atoms with van der Waals surface area (Å²) in [6, 6.07) is 0. The molecule has 0 radical (unpaired) electrons. The second kappa shape index (κ2) is 7.16. The van der Waals surface area contributed by atoms with E-state index in [1.165, 1.54) is 6.92 Å². The van der Waals surface area contributed by atoms with Gasteiger partial charge >= 0.3 is 11.9 Å². The van der Waals surface area contributed by atoms with Crippen molar-refractivity contribution in [3.8, 4) is 0 Å². The Labute approximate surface area is 110 Å². The summed E-state index contributed by atoms with van der Waals surface area (Å²) < 4.78 is 10.4. The van der Waals surface area contributed by atoms with Crippen LogP contribution in [0, 0.1) is 5.92 Å². The Morgan fingerprint density at radius 1 is 1.47 bits per heavy atom. The van der Waals surface area contributed by atoms with Gasteiger partial charge < -0.3 is 9.47 Å². The van der Waals surface area contributed by atoms with Crippen LogP contribution in [0.3, 0.4) is 0 Å². The molecule has 0 bridgehead atoms. The first-order chi connectivity index (χ1) is 8.10. The van der Waals surface area contributed by atoms with Crippen LogP contribution in [0.15, 0.2) is 0 Å². The molecule has 1 aliphatic heterocycles. The zero-order valence-electron chi connectivity index (χ0n) is 10.3. The predicted octanol–water partition coefficient (Wildman–Crippen LogP) is 1.92. The average molecular weight is 278 g/mol. The first-order valence-corrected chi connectivity index (χ1v) is 8.07. The van der Waals surface area contributed by atoms with Crippen molar-refractivity contribution in [3.05, 3.63) is 0 Å². The van der Waals surface area contributed by atoms with E-state index in [0.717, 1.165) is 12.8 Å². The van der Waals surface area contributed by atoms with Gasteiger partial charge in [0.25, 0.3) is 0 Å². The number of cyclic esters (lactones) is 1. The third-order valence-electron chi connectivity index (χ3n) is 2.64. The highest BCUT2D eigenvalue weighted by molar-refractivity contribution is 8.16. The summed E-state index contributed by atoms with van der Waals surface area (Å²) >= 11 is 3.19. The Morgan fingerprint density at radius 3 is 2.59 bits per heavy atom. The molecule has 1 rings (SSSR count). The molecule has 1 saturated heterocycles. The monoisotopic (exact) mass is 278 g/mol. The molecule has 4 nitrogen and oxygen atoms in total. The molecular formula is C11H18O4S2. The fraction of sp³-hybridized carbons (Fsp3) is 0.818. The highest BCUT2D eigenvalue weighted by Gasteiger charge is 2.38. The van der Waals surface area contributed by atoms with E-state index in [1.54, 1.807) is 23.5 Å². The molecule has 1 aliphatic rings. The molecule has 1 heterocycles. The first kappa shape index (κ1) is 14.7. The zero-order chi connectivity index (χ0) is 12.8. The van der Waals surface area contributed by atoms with Gasteiger partial charge in [-0.3, -0.25) is 9.59 Å². The number of carbonyl (C=O) groups excluding carboxylic acids is 2. The van der Waals surface area contributed by atoms with Gasteiger partial charge in [-0.1, -0.05) is 0 Å². The smallest absolute Gasteiger partial charge is 0.312 e. The summed E-state index contributed by atoms with van der Waals surface area (Å²) in [5, 5.41) is 0. The summed E-state index contributed by atoms with van der Waals surface area (Å²) in [6.07, 6.45) is 5.07. The fourth-order valence-corrected chi connectivity index (χ4v) is 3.68. The van der Waals surface area contributed by atoms with E-state index in [9.17, 15) is 9.59 Å². The maximum atomic E-state index is 11.7. The summed E-state index contributed by atoms with van der Waals surface area (Å²) in [7, 11) is 0. The predicted molar refractivity (Wildman–Crippen MR) is 70.1 cm³/mol. The summed E-state index contributed by atoms with van der Waals surface area (Å²) in [4.78, 5) is 22.9. The normalized spacial score (nSPS) is 22.1. The molecule has 2 atom stereocenters. The highest BCUT2D eigenvalue weighted by atomic mass is 32.2. The molecule has 0 aromatic rings. The highest BCUT2D eigenvalue weighted by Crippen LogP contribution is 2.33. The molecule has 17 heavy (non-hydrogen) atoms. The molecule has 98 valence electrons. The van der Waals surface area contributed by atoms with E-state index >= 15 is 0 Å². The first-order valence-electron chi connectivity index (χ1n) is 5.49. The molecule has 1 fully saturated rings. The molecular weight excluding hydrogens is 260 g/mol. The zero-order valence-corrected chi connectivity index (χ0v) is 11.9. The van der Waals surface area contributed by atoms with Crippen molar-refractivity contribution in [3.63, 3.8) is 0 Å². The third kappa shape index (κ3) is 4.10. The van der Waals surface area contributed by atoms with E-state index in [0.29, 0.717) is 6.61 Å². The lowest BCUT2D eigenvalue weighted by molar-refractivity contribution is -0.164. The van der Waals surface area contributed by atoms with Crippen molar-refractivity contribution in [1.82, 2.24) is 0 Å². The molecule has 0 N–H and O–H groups in total. The minimum Gasteiger partial charge on any atom is -0.465 e. The van der Waals surface area contributed by atoms with Crippen LogP contribution < -0.4 is 0 Å². The number of hydrogen-bond donors (Lipinski definition) is 0. The van der Waals surface area contributed by atoms with Crippen LogP contribution in [-0.2, 0) is 19.1 Å². The van der Waals surface area contributed by atoms with E-state index in [4.69, 9.17) is 9.47 Å². The van der Waals surface area contributed by atoms with Gasteiger partial charge in [0.2, 0.25) is 0 Å². The number of ether oxygens (including phenoxy) is 2. The van der Waals surface area contributed by atoms with Crippen molar-refractivity contribution >= 4 is 35.5 Å². The average Bonchev–Trinajstić information content (AvgIpc) is 2.29. The van der Waals surface area contributed by atoms with Gasteiger partial charge in [-0.2, -0.15) is 0 Å². The molecule has 2 unspecified atom stereocenters. The number of thioether (sulfide) groups is 2. The minimum atomic E-state index is -0.398. The van der Waals surface area contributed by atoms with E-state index in [1.807, 2.05) is 12.5 Å². The molecule has 0 spiro atoms. The van der Waals surface area contributed by atoms with E-state index in [2.05, 4.69) is 0 Å². The lowest BCUT2D eigenvalue weighted by atomic mass is 9.96. The van der Waals surface area contributed by atoms with Crippen LogP contribution in [0.2, 0.25) is 0 Å². The van der Waals surface area contributed by atoms with Gasteiger partial charge in [0.05, 0.1) is 17.1 Å². The summed E-state index contributed by atoms with van der Waals surface area (Å²) in [6.45, 7) is 1.85. The number of carbonyl (C=O) groups is 2. The Morgan fingerprint density at radius 2 is 2.12 bits per heavy atom. The second-order valence-electron chi connectivity index (χ2n) is 3.83. The Bertz CT molecular complexity index is 279. The number of hydrogen-bond acceptors (Lipinski definition) is 6. The van der Waals surface area contributed by atoms with Gasteiger partial charge in [-0.05, 0) is 25.4 Å². The number of esters is 2. The van der Waals surface area contributed by atoms with Gasteiger partial charge in [0, 0.05) is 6.92 Å². The molecule has 6 heteroatoms. The summed E-state index contributed by atoms with van der Waals surface area (Å²) in [5.41, 5.74) is 0. The quantitative estimate of drug-likeness (QED) is 0.566. The van der Waals surface area contributed by atoms with Crippen LogP contribution in [0.1, 0.15) is 19.8 Å². The van der Waals surface area contributed by atoms with Crippen LogP contribution in [-0.4, -0.2) is 41.7 Å². The molecule has 0 saturated carbocycles. The lowest BCUT2D eigenvalue weighted by Gasteiger charge is -2.32. The van der Waals surface area contributed by atoms with Crippen molar-refractivity contribution < 1.29 is 19.1 Å². The van der Waals surface area contributed by atoms with Gasteiger partial charge in [0.15, 0.2) is 0 Å². The maximum Gasteiger partial charge on any atom is 0.312 e. The third-order valence-corrected chi connectivity index (χ3v) is 5.26. The molecule has 0 aliphatic carbocycles. The van der Waals surface area contributed by atoms with Crippen molar-refractivity contribution in [2.75, 3.05) is 19.1 Å². The van der Waals surface area contributed by atoms with Crippen molar-refractivity contribution in [1.29, 1.82) is 0 Å². The SMILES string of the molecule is CSC(SC)C(OC(C)=O)C1CCCOC1=O.